The van der Waals surface area contributed by atoms with Crippen LogP contribution in [0.2, 0.25) is 5.02 Å². The largest absolute Gasteiger partial charge is 0.366 e. The average Bonchev–Trinajstić information content (AvgIpc) is 3.35. The van der Waals surface area contributed by atoms with Crippen molar-refractivity contribution in [1.29, 1.82) is 0 Å². The van der Waals surface area contributed by atoms with E-state index in [2.05, 4.69) is 5.32 Å². The second-order valence-corrected chi connectivity index (χ2v) is 8.98. The van der Waals surface area contributed by atoms with Gasteiger partial charge in [0.2, 0.25) is 0 Å². The van der Waals surface area contributed by atoms with Crippen molar-refractivity contribution in [1.82, 2.24) is 4.90 Å². The van der Waals surface area contributed by atoms with E-state index in [1.54, 1.807) is 52.7 Å². The first kappa shape index (κ1) is 22.9. The smallest absolute Gasteiger partial charge is 0.265 e. The number of amides is 2. The molecule has 1 saturated heterocycles. The Morgan fingerprint density at radius 3 is 2.36 bits per heavy atom. The summed E-state index contributed by atoms with van der Waals surface area (Å²) in [6.07, 6.45) is 0. The molecule has 6 nitrogen and oxygen atoms in total. The lowest BCUT2D eigenvalue weighted by atomic mass is 10.1. The molecule has 0 radical (unpaired) electrons. The zero-order chi connectivity index (χ0) is 23.5. The average molecular weight is 486 g/mol. The van der Waals surface area contributed by atoms with Crippen molar-refractivity contribution in [3.05, 3.63) is 80.8 Å². The van der Waals surface area contributed by atoms with E-state index in [-0.39, 0.29) is 17.6 Å². The number of hydrogen-bond acceptors (Lipinski definition) is 5. The molecule has 0 spiro atoms. The van der Waals surface area contributed by atoms with Crippen LogP contribution in [0.1, 0.15) is 37.3 Å². The van der Waals surface area contributed by atoms with Crippen LogP contribution in [0.5, 0.6) is 0 Å². The van der Waals surface area contributed by atoms with Gasteiger partial charge in [-0.05, 0) is 54.8 Å². The van der Waals surface area contributed by atoms with Gasteiger partial charge in [0.15, 0.2) is 5.78 Å². The lowest BCUT2D eigenvalue weighted by molar-refractivity contribution is 0.0746. The number of carbonyl (C=O) groups excluding carboxylic acids is 3. The predicted molar refractivity (Wildman–Crippen MR) is 128 cm³/mol. The number of carbonyl (C=O) groups is 3. The first-order valence-electron chi connectivity index (χ1n) is 10.3. The molecule has 2 aromatic carbocycles. The summed E-state index contributed by atoms with van der Waals surface area (Å²) in [5, 5.41) is 4.90. The number of benzene rings is 2. The molecule has 1 aliphatic heterocycles. The van der Waals surface area contributed by atoms with E-state index in [1.165, 1.54) is 24.3 Å². The molecule has 2 heterocycles. The van der Waals surface area contributed by atoms with Crippen molar-refractivity contribution in [3.63, 3.8) is 0 Å². The molecular weight excluding hydrogens is 465 g/mol. The van der Waals surface area contributed by atoms with Gasteiger partial charge in [0, 0.05) is 37.3 Å². The van der Waals surface area contributed by atoms with E-state index in [9.17, 15) is 18.8 Å². The molecule has 1 N–H and O–H groups in total. The summed E-state index contributed by atoms with van der Waals surface area (Å²) in [5.41, 5.74) is 1.52. The SMILES string of the molecule is CC(=O)c1ccc(N2CCN(C(=O)c3ccc(Cl)c(NC(=O)c4cccs4)c3)CC2)c(F)c1. The van der Waals surface area contributed by atoms with Crippen LogP contribution >= 0.6 is 22.9 Å². The third-order valence-corrected chi connectivity index (χ3v) is 6.67. The van der Waals surface area contributed by atoms with Crippen molar-refractivity contribution in [2.75, 3.05) is 36.4 Å². The lowest BCUT2D eigenvalue weighted by Gasteiger charge is -2.36. The number of anilines is 2. The van der Waals surface area contributed by atoms with E-state index in [0.717, 1.165) is 0 Å². The number of ketones is 1. The molecule has 170 valence electrons. The maximum Gasteiger partial charge on any atom is 0.265 e. The van der Waals surface area contributed by atoms with Gasteiger partial charge in [-0.2, -0.15) is 0 Å². The van der Waals surface area contributed by atoms with E-state index in [0.29, 0.717) is 58.6 Å². The molecule has 0 unspecified atom stereocenters. The summed E-state index contributed by atoms with van der Waals surface area (Å²) in [5.74, 6) is -1.12. The number of thiophene rings is 1. The van der Waals surface area contributed by atoms with Gasteiger partial charge in [0.1, 0.15) is 5.82 Å². The quantitative estimate of drug-likeness (QED) is 0.519. The Morgan fingerprint density at radius 2 is 1.73 bits per heavy atom. The summed E-state index contributed by atoms with van der Waals surface area (Å²) >= 11 is 7.54. The highest BCUT2D eigenvalue weighted by atomic mass is 35.5. The highest BCUT2D eigenvalue weighted by molar-refractivity contribution is 7.12. The number of piperazine rings is 1. The molecule has 0 aliphatic carbocycles. The molecule has 33 heavy (non-hydrogen) atoms. The van der Waals surface area contributed by atoms with Crippen molar-refractivity contribution in [2.24, 2.45) is 0 Å². The Kier molecular flexibility index (Phi) is 6.76. The highest BCUT2D eigenvalue weighted by Gasteiger charge is 2.24. The van der Waals surface area contributed by atoms with Gasteiger partial charge in [-0.1, -0.05) is 17.7 Å². The molecule has 0 atom stereocenters. The van der Waals surface area contributed by atoms with Crippen molar-refractivity contribution < 1.29 is 18.8 Å². The van der Waals surface area contributed by atoms with E-state index in [1.807, 2.05) is 4.90 Å². The summed E-state index contributed by atoms with van der Waals surface area (Å²) < 4.78 is 14.5. The van der Waals surface area contributed by atoms with Crippen LogP contribution < -0.4 is 10.2 Å². The number of rotatable bonds is 5. The second kappa shape index (κ2) is 9.72. The predicted octanol–water partition coefficient (Wildman–Crippen LogP) is 4.96. The van der Waals surface area contributed by atoms with Crippen LogP contribution in [0.15, 0.2) is 53.9 Å². The van der Waals surface area contributed by atoms with Gasteiger partial charge in [0.05, 0.1) is 21.3 Å². The lowest BCUT2D eigenvalue weighted by Crippen LogP contribution is -2.49. The molecule has 2 amide bonds. The minimum Gasteiger partial charge on any atom is -0.366 e. The van der Waals surface area contributed by atoms with Gasteiger partial charge in [-0.3, -0.25) is 14.4 Å². The zero-order valence-corrected chi connectivity index (χ0v) is 19.4. The van der Waals surface area contributed by atoms with Crippen LogP contribution in [0, 0.1) is 5.82 Å². The van der Waals surface area contributed by atoms with Gasteiger partial charge in [-0.25, -0.2) is 4.39 Å². The van der Waals surface area contributed by atoms with Crippen LogP contribution in [-0.2, 0) is 0 Å². The highest BCUT2D eigenvalue weighted by Crippen LogP contribution is 2.26. The molecule has 9 heteroatoms. The molecule has 0 saturated carbocycles. The minimum absolute atomic E-state index is 0.190. The minimum atomic E-state index is -0.452. The number of nitrogens with one attached hydrogen (secondary N) is 1. The van der Waals surface area contributed by atoms with Gasteiger partial charge in [-0.15, -0.1) is 11.3 Å². The van der Waals surface area contributed by atoms with E-state index >= 15 is 0 Å². The standard InChI is InChI=1S/C24H21ClFN3O3S/c1-15(30)16-5-7-21(19(26)13-16)28-8-10-29(11-9-28)24(32)17-4-6-18(25)20(14-17)27-23(31)22-3-2-12-33-22/h2-7,12-14H,8-11H2,1H3,(H,27,31). The second-order valence-electron chi connectivity index (χ2n) is 7.63. The Balaban J connectivity index is 1.42. The van der Waals surface area contributed by atoms with Crippen LogP contribution in [0.25, 0.3) is 0 Å². The maximum absolute atomic E-state index is 14.5. The normalized spacial score (nSPS) is 13.7. The fourth-order valence-electron chi connectivity index (χ4n) is 3.66. The van der Waals surface area contributed by atoms with Crippen LogP contribution in [0.3, 0.4) is 0 Å². The molecule has 1 aromatic heterocycles. The molecule has 1 fully saturated rings. The van der Waals surface area contributed by atoms with Gasteiger partial charge in [0.25, 0.3) is 11.8 Å². The van der Waals surface area contributed by atoms with Crippen LogP contribution in [-0.4, -0.2) is 48.7 Å². The first-order valence-corrected chi connectivity index (χ1v) is 11.6. The maximum atomic E-state index is 14.5. The fourth-order valence-corrected chi connectivity index (χ4v) is 4.44. The number of halogens is 2. The summed E-state index contributed by atoms with van der Waals surface area (Å²) in [4.78, 5) is 40.9. The summed E-state index contributed by atoms with van der Waals surface area (Å²) in [7, 11) is 0. The Bertz CT molecular complexity index is 1210. The Hall–Kier alpha value is -3.23. The van der Waals surface area contributed by atoms with Crippen molar-refractivity contribution in [2.45, 2.75) is 6.92 Å². The van der Waals surface area contributed by atoms with Crippen molar-refractivity contribution in [3.8, 4) is 0 Å². The Morgan fingerprint density at radius 1 is 1.00 bits per heavy atom. The number of nitrogens with zero attached hydrogens (tertiary/aromatic N) is 2. The van der Waals surface area contributed by atoms with Crippen molar-refractivity contribution >= 4 is 51.9 Å². The molecule has 1 aliphatic rings. The molecule has 3 aromatic rings. The third kappa shape index (κ3) is 5.07. The van der Waals surface area contributed by atoms with E-state index in [4.69, 9.17) is 11.6 Å². The summed E-state index contributed by atoms with van der Waals surface area (Å²) in [6, 6.07) is 12.7. The topological polar surface area (TPSA) is 69.7 Å². The van der Waals surface area contributed by atoms with Crippen LogP contribution in [0.4, 0.5) is 15.8 Å². The molecular formula is C24H21ClFN3O3S. The fraction of sp³-hybridized carbons (Fsp3) is 0.208. The zero-order valence-electron chi connectivity index (χ0n) is 17.8. The van der Waals surface area contributed by atoms with E-state index < -0.39 is 5.82 Å². The van der Waals surface area contributed by atoms with Gasteiger partial charge >= 0.3 is 0 Å². The monoisotopic (exact) mass is 485 g/mol. The Labute approximate surface area is 199 Å². The third-order valence-electron chi connectivity index (χ3n) is 5.47. The first-order chi connectivity index (χ1) is 15.8. The molecule has 4 rings (SSSR count). The number of hydrogen-bond donors (Lipinski definition) is 1. The van der Waals surface area contributed by atoms with Gasteiger partial charge < -0.3 is 15.1 Å². The number of Topliss-reactive ketones (excluding diaryl/α,β-unsaturated/α-hetero) is 1. The summed E-state index contributed by atoms with van der Waals surface area (Å²) in [6.45, 7) is 3.13. The molecule has 0 bridgehead atoms.